The quantitative estimate of drug-likeness (QED) is 0.557. The highest BCUT2D eigenvalue weighted by atomic mass is 16.5. The van der Waals surface area contributed by atoms with Crippen molar-refractivity contribution in [2.24, 2.45) is 0 Å². The first kappa shape index (κ1) is 7.03. The summed E-state index contributed by atoms with van der Waals surface area (Å²) >= 11 is 0. The molecule has 0 N–H and O–H groups in total. The van der Waals surface area contributed by atoms with E-state index < -0.39 is 0 Å². The number of likely N-dealkylation sites (N-methyl/N-ethyl adjacent to an activating group) is 1. The SMILES string of the molecule is COC1(CN(C)C)CC1. The van der Waals surface area contributed by atoms with Crippen LogP contribution in [-0.2, 0) is 4.74 Å². The van der Waals surface area contributed by atoms with Gasteiger partial charge in [-0.25, -0.2) is 0 Å². The van der Waals surface area contributed by atoms with Crippen LogP contribution in [0.5, 0.6) is 0 Å². The van der Waals surface area contributed by atoms with Gasteiger partial charge >= 0.3 is 0 Å². The molecule has 1 saturated carbocycles. The van der Waals surface area contributed by atoms with Crippen LogP contribution in [-0.4, -0.2) is 38.3 Å². The summed E-state index contributed by atoms with van der Waals surface area (Å²) < 4.78 is 5.32. The lowest BCUT2D eigenvalue weighted by atomic mass is 10.3. The first-order chi connectivity index (χ1) is 4.18. The van der Waals surface area contributed by atoms with Crippen LogP contribution in [0, 0.1) is 0 Å². The third kappa shape index (κ3) is 1.66. The number of methoxy groups -OCH3 is 1. The second-order valence-corrected chi connectivity index (χ2v) is 3.12. The van der Waals surface area contributed by atoms with Crippen molar-refractivity contribution in [3.63, 3.8) is 0 Å². The molecule has 1 aliphatic carbocycles. The van der Waals surface area contributed by atoms with Gasteiger partial charge < -0.3 is 9.64 Å². The van der Waals surface area contributed by atoms with Crippen molar-refractivity contribution in [1.29, 1.82) is 0 Å². The summed E-state index contributed by atoms with van der Waals surface area (Å²) in [4.78, 5) is 2.18. The van der Waals surface area contributed by atoms with E-state index >= 15 is 0 Å². The van der Waals surface area contributed by atoms with Crippen molar-refractivity contribution in [1.82, 2.24) is 4.90 Å². The summed E-state index contributed by atoms with van der Waals surface area (Å²) in [7, 11) is 5.97. The molecular formula is C7H15NO. The zero-order valence-electron chi connectivity index (χ0n) is 6.48. The summed E-state index contributed by atoms with van der Waals surface area (Å²) in [5.74, 6) is 0. The van der Waals surface area contributed by atoms with Gasteiger partial charge in [-0.3, -0.25) is 0 Å². The Morgan fingerprint density at radius 1 is 1.44 bits per heavy atom. The highest BCUT2D eigenvalue weighted by Crippen LogP contribution is 2.38. The summed E-state index contributed by atoms with van der Waals surface area (Å²) in [6.07, 6.45) is 2.48. The Morgan fingerprint density at radius 2 is 2.00 bits per heavy atom. The first-order valence-corrected chi connectivity index (χ1v) is 3.38. The maximum absolute atomic E-state index is 5.32. The van der Waals surface area contributed by atoms with Gasteiger partial charge in [0.05, 0.1) is 5.60 Å². The molecule has 1 fully saturated rings. The molecule has 0 aromatic carbocycles. The molecular weight excluding hydrogens is 114 g/mol. The van der Waals surface area contributed by atoms with Gasteiger partial charge in [0.25, 0.3) is 0 Å². The maximum Gasteiger partial charge on any atom is 0.0806 e. The van der Waals surface area contributed by atoms with Crippen LogP contribution in [0.3, 0.4) is 0 Å². The van der Waals surface area contributed by atoms with Crippen LogP contribution in [0.4, 0.5) is 0 Å². The Balaban J connectivity index is 2.25. The van der Waals surface area contributed by atoms with E-state index in [2.05, 4.69) is 19.0 Å². The Morgan fingerprint density at radius 3 is 2.11 bits per heavy atom. The average Bonchev–Trinajstić information content (AvgIpc) is 2.48. The molecule has 0 aromatic heterocycles. The Kier molecular flexibility index (Phi) is 1.78. The van der Waals surface area contributed by atoms with Crippen molar-refractivity contribution in [3.05, 3.63) is 0 Å². The number of ether oxygens (including phenoxy) is 1. The van der Waals surface area contributed by atoms with E-state index in [-0.39, 0.29) is 5.60 Å². The Hall–Kier alpha value is -0.0800. The molecule has 0 spiro atoms. The molecule has 0 heterocycles. The molecule has 0 aliphatic heterocycles. The molecule has 9 heavy (non-hydrogen) atoms. The maximum atomic E-state index is 5.32. The molecule has 54 valence electrons. The smallest absolute Gasteiger partial charge is 0.0806 e. The summed E-state index contributed by atoms with van der Waals surface area (Å²) in [6.45, 7) is 1.07. The zero-order valence-corrected chi connectivity index (χ0v) is 6.48. The largest absolute Gasteiger partial charge is 0.377 e. The van der Waals surface area contributed by atoms with Crippen molar-refractivity contribution >= 4 is 0 Å². The average molecular weight is 129 g/mol. The normalized spacial score (nSPS) is 22.7. The molecule has 0 aromatic rings. The summed E-state index contributed by atoms with van der Waals surface area (Å²) in [5.41, 5.74) is 0.240. The third-order valence-electron chi connectivity index (χ3n) is 1.85. The summed E-state index contributed by atoms with van der Waals surface area (Å²) in [5, 5.41) is 0. The predicted molar refractivity (Wildman–Crippen MR) is 37.5 cm³/mol. The van der Waals surface area contributed by atoms with Gasteiger partial charge in [-0.05, 0) is 26.9 Å². The van der Waals surface area contributed by atoms with E-state index in [1.165, 1.54) is 12.8 Å². The molecule has 0 radical (unpaired) electrons. The number of hydrogen-bond acceptors (Lipinski definition) is 2. The van der Waals surface area contributed by atoms with Crippen LogP contribution in [0.15, 0.2) is 0 Å². The number of hydrogen-bond donors (Lipinski definition) is 0. The molecule has 0 saturated heterocycles. The van der Waals surface area contributed by atoms with Gasteiger partial charge in [0.15, 0.2) is 0 Å². The highest BCUT2D eigenvalue weighted by molar-refractivity contribution is 4.96. The Labute approximate surface area is 56.8 Å². The van der Waals surface area contributed by atoms with Crippen LogP contribution < -0.4 is 0 Å². The molecule has 2 nitrogen and oxygen atoms in total. The fourth-order valence-electron chi connectivity index (χ4n) is 1.14. The fourth-order valence-corrected chi connectivity index (χ4v) is 1.14. The van der Waals surface area contributed by atoms with Crippen molar-refractivity contribution in [2.45, 2.75) is 18.4 Å². The lowest BCUT2D eigenvalue weighted by molar-refractivity contribution is 0.0569. The molecule has 1 rings (SSSR count). The molecule has 0 amide bonds. The van der Waals surface area contributed by atoms with Gasteiger partial charge in [0, 0.05) is 13.7 Å². The number of rotatable bonds is 3. The Bertz CT molecular complexity index is 97.1. The van der Waals surface area contributed by atoms with Crippen molar-refractivity contribution in [2.75, 3.05) is 27.7 Å². The second kappa shape index (κ2) is 2.27. The molecule has 2 heteroatoms. The third-order valence-corrected chi connectivity index (χ3v) is 1.85. The minimum absolute atomic E-state index is 0.240. The van der Waals surface area contributed by atoms with Crippen molar-refractivity contribution < 1.29 is 4.74 Å². The van der Waals surface area contributed by atoms with Crippen LogP contribution >= 0.6 is 0 Å². The predicted octanol–water partition coefficient (Wildman–Crippen LogP) is 0.727. The van der Waals surface area contributed by atoms with Gasteiger partial charge in [-0.15, -0.1) is 0 Å². The molecule has 1 aliphatic rings. The molecule has 0 bridgehead atoms. The van der Waals surface area contributed by atoms with Gasteiger partial charge in [0.1, 0.15) is 0 Å². The van der Waals surface area contributed by atoms with E-state index in [0.717, 1.165) is 6.54 Å². The topological polar surface area (TPSA) is 12.5 Å². The fraction of sp³-hybridized carbons (Fsp3) is 1.00. The minimum Gasteiger partial charge on any atom is -0.377 e. The summed E-state index contributed by atoms with van der Waals surface area (Å²) in [6, 6.07) is 0. The van der Waals surface area contributed by atoms with Crippen LogP contribution in [0.2, 0.25) is 0 Å². The lowest BCUT2D eigenvalue weighted by Gasteiger charge is -2.17. The van der Waals surface area contributed by atoms with E-state index in [1.54, 1.807) is 7.11 Å². The van der Waals surface area contributed by atoms with E-state index in [0.29, 0.717) is 0 Å². The van der Waals surface area contributed by atoms with Gasteiger partial charge in [0.2, 0.25) is 0 Å². The standard InChI is InChI=1S/C7H15NO/c1-8(2)6-7(9-3)4-5-7/h4-6H2,1-3H3. The van der Waals surface area contributed by atoms with E-state index in [4.69, 9.17) is 4.74 Å². The molecule has 0 unspecified atom stereocenters. The van der Waals surface area contributed by atoms with Gasteiger partial charge in [-0.2, -0.15) is 0 Å². The zero-order chi connectivity index (χ0) is 6.91. The van der Waals surface area contributed by atoms with E-state index in [9.17, 15) is 0 Å². The lowest BCUT2D eigenvalue weighted by Crippen LogP contribution is -2.28. The highest BCUT2D eigenvalue weighted by Gasteiger charge is 2.43. The monoisotopic (exact) mass is 129 g/mol. The molecule has 0 atom stereocenters. The van der Waals surface area contributed by atoms with Crippen molar-refractivity contribution in [3.8, 4) is 0 Å². The minimum atomic E-state index is 0.240. The van der Waals surface area contributed by atoms with E-state index in [1.807, 2.05) is 0 Å². The van der Waals surface area contributed by atoms with Gasteiger partial charge in [-0.1, -0.05) is 0 Å². The first-order valence-electron chi connectivity index (χ1n) is 3.38. The second-order valence-electron chi connectivity index (χ2n) is 3.12. The van der Waals surface area contributed by atoms with Crippen LogP contribution in [0.25, 0.3) is 0 Å². The number of nitrogens with zero attached hydrogens (tertiary/aromatic N) is 1. The van der Waals surface area contributed by atoms with Crippen LogP contribution in [0.1, 0.15) is 12.8 Å².